The van der Waals surface area contributed by atoms with E-state index >= 15 is 0 Å². The summed E-state index contributed by atoms with van der Waals surface area (Å²) < 4.78 is 34.0. The molecule has 0 bridgehead atoms. The molecular weight excluding hydrogens is 398 g/mol. The second kappa shape index (κ2) is 8.00. The second-order valence-corrected chi connectivity index (χ2v) is 9.55. The summed E-state index contributed by atoms with van der Waals surface area (Å²) >= 11 is 0. The predicted molar refractivity (Wildman–Crippen MR) is 108 cm³/mol. The van der Waals surface area contributed by atoms with E-state index in [1.54, 1.807) is 25.1 Å². The van der Waals surface area contributed by atoms with Crippen LogP contribution in [0.25, 0.3) is 11.0 Å². The zero-order valence-electron chi connectivity index (χ0n) is 16.2. The summed E-state index contributed by atoms with van der Waals surface area (Å²) in [5, 5.41) is 13.0. The van der Waals surface area contributed by atoms with Gasteiger partial charge in [0.15, 0.2) is 9.84 Å². The molecule has 1 fully saturated rings. The van der Waals surface area contributed by atoms with Crippen LogP contribution in [0.4, 0.5) is 0 Å². The van der Waals surface area contributed by atoms with Gasteiger partial charge in [-0.25, -0.2) is 13.2 Å². The Morgan fingerprint density at radius 3 is 2.72 bits per heavy atom. The summed E-state index contributed by atoms with van der Waals surface area (Å²) in [6.07, 6.45) is -1.43. The van der Waals surface area contributed by atoms with Crippen LogP contribution in [0.5, 0.6) is 5.75 Å². The lowest BCUT2D eigenvalue weighted by molar-refractivity contribution is -0.121. The minimum absolute atomic E-state index is 0.181. The minimum atomic E-state index is -3.38. The van der Waals surface area contributed by atoms with Crippen LogP contribution >= 0.6 is 0 Å². The lowest BCUT2D eigenvalue weighted by Gasteiger charge is -2.15. The maximum atomic E-state index is 12.4. The van der Waals surface area contributed by atoms with E-state index < -0.39 is 33.5 Å². The van der Waals surface area contributed by atoms with Crippen LogP contribution in [0.1, 0.15) is 18.1 Å². The quantitative estimate of drug-likeness (QED) is 0.524. The summed E-state index contributed by atoms with van der Waals surface area (Å²) in [5.41, 5.74) is 1.32. The third-order valence-corrected chi connectivity index (χ3v) is 6.47. The van der Waals surface area contributed by atoms with Crippen LogP contribution in [0, 0.1) is 6.92 Å². The zero-order valence-corrected chi connectivity index (χ0v) is 17.0. The van der Waals surface area contributed by atoms with Gasteiger partial charge in [-0.2, -0.15) is 0 Å². The average molecular weight is 421 g/mol. The Hall–Kier alpha value is -2.65. The number of amides is 1. The van der Waals surface area contributed by atoms with Crippen LogP contribution in [0.3, 0.4) is 0 Å². The van der Waals surface area contributed by atoms with Gasteiger partial charge < -0.3 is 19.6 Å². The van der Waals surface area contributed by atoms with Gasteiger partial charge in [-0.05, 0) is 37.1 Å². The number of aryl methyl sites for hydroxylation is 1. The van der Waals surface area contributed by atoms with Crippen molar-refractivity contribution in [2.24, 2.45) is 0 Å². The maximum Gasteiger partial charge on any atom is 0.340 e. The number of hydrogen-bond donors (Lipinski definition) is 2. The molecule has 1 saturated heterocycles. The van der Waals surface area contributed by atoms with Crippen LogP contribution in [-0.4, -0.2) is 49.7 Å². The molecule has 2 atom stereocenters. The molecule has 0 unspecified atom stereocenters. The van der Waals surface area contributed by atoms with Gasteiger partial charge in [0.1, 0.15) is 17.9 Å². The normalized spacial score (nSPS) is 20.5. The second-order valence-electron chi connectivity index (χ2n) is 7.39. The molecule has 156 valence electrons. The summed E-state index contributed by atoms with van der Waals surface area (Å²) in [6.45, 7) is 7.66. The van der Waals surface area contributed by atoms with Crippen molar-refractivity contribution in [2.45, 2.75) is 32.4 Å². The van der Waals surface area contributed by atoms with Crippen molar-refractivity contribution in [2.75, 3.05) is 18.1 Å². The number of nitrogens with one attached hydrogen (secondary N) is 1. The molecule has 2 aromatic rings. The van der Waals surface area contributed by atoms with Gasteiger partial charge in [0, 0.05) is 11.5 Å². The molecular formula is C20H23NO7S. The van der Waals surface area contributed by atoms with Gasteiger partial charge in [-0.1, -0.05) is 6.58 Å². The number of aliphatic hydroxyl groups is 1. The van der Waals surface area contributed by atoms with Gasteiger partial charge in [-0.15, -0.1) is 0 Å². The van der Waals surface area contributed by atoms with Crippen LogP contribution in [-0.2, 0) is 21.1 Å². The first-order valence-electron chi connectivity index (χ1n) is 9.07. The average Bonchev–Trinajstić information content (AvgIpc) is 2.88. The van der Waals surface area contributed by atoms with Crippen molar-refractivity contribution >= 4 is 26.7 Å². The van der Waals surface area contributed by atoms with Crippen LogP contribution in [0.2, 0.25) is 0 Å². The first-order chi connectivity index (χ1) is 13.6. The van der Waals surface area contributed by atoms with Crippen molar-refractivity contribution in [1.82, 2.24) is 5.32 Å². The zero-order chi connectivity index (χ0) is 21.3. The highest BCUT2D eigenvalue weighted by molar-refractivity contribution is 7.91. The van der Waals surface area contributed by atoms with E-state index in [4.69, 9.17) is 9.15 Å². The van der Waals surface area contributed by atoms with Crippen molar-refractivity contribution in [3.05, 3.63) is 51.9 Å². The van der Waals surface area contributed by atoms with E-state index in [9.17, 15) is 23.1 Å². The molecule has 29 heavy (non-hydrogen) atoms. The molecule has 0 radical (unpaired) electrons. The lowest BCUT2D eigenvalue weighted by Crippen LogP contribution is -2.43. The third-order valence-electron chi connectivity index (χ3n) is 4.75. The smallest absolute Gasteiger partial charge is 0.340 e. The largest absolute Gasteiger partial charge is 0.489 e. The van der Waals surface area contributed by atoms with E-state index in [0.29, 0.717) is 28.9 Å². The van der Waals surface area contributed by atoms with E-state index in [1.807, 2.05) is 6.92 Å². The highest BCUT2D eigenvalue weighted by atomic mass is 32.2. The Balaban J connectivity index is 1.80. The van der Waals surface area contributed by atoms with E-state index in [0.717, 1.165) is 5.57 Å². The monoisotopic (exact) mass is 421 g/mol. The maximum absolute atomic E-state index is 12.4. The SMILES string of the molecule is C=C(C)COc1ccc2c(C)c(CC(=O)N[C@H]3CS(=O)(=O)C[C@H]3O)c(=O)oc2c1. The fourth-order valence-electron chi connectivity index (χ4n) is 3.26. The van der Waals surface area contributed by atoms with Gasteiger partial charge in [0.2, 0.25) is 5.91 Å². The summed E-state index contributed by atoms with van der Waals surface area (Å²) in [4.78, 5) is 24.8. The molecule has 8 nitrogen and oxygen atoms in total. The highest BCUT2D eigenvalue weighted by Gasteiger charge is 2.37. The number of benzene rings is 1. The van der Waals surface area contributed by atoms with Crippen molar-refractivity contribution in [3.63, 3.8) is 0 Å². The molecule has 0 saturated carbocycles. The summed E-state index contributed by atoms with van der Waals surface area (Å²) in [5.74, 6) is -0.726. The molecule has 2 N–H and O–H groups in total. The highest BCUT2D eigenvalue weighted by Crippen LogP contribution is 2.24. The van der Waals surface area contributed by atoms with Crippen LogP contribution in [0.15, 0.2) is 39.6 Å². The first kappa shape index (κ1) is 21.1. The fraction of sp³-hybridized carbons (Fsp3) is 0.400. The lowest BCUT2D eigenvalue weighted by atomic mass is 10.0. The van der Waals surface area contributed by atoms with Gasteiger partial charge in [0.25, 0.3) is 0 Å². The Labute approximate surface area is 168 Å². The number of hydrogen-bond acceptors (Lipinski definition) is 7. The van der Waals surface area contributed by atoms with Crippen molar-refractivity contribution in [1.29, 1.82) is 0 Å². The Bertz CT molecular complexity index is 1130. The molecule has 0 aliphatic carbocycles. The Morgan fingerprint density at radius 2 is 2.10 bits per heavy atom. The molecule has 0 spiro atoms. The topological polar surface area (TPSA) is 123 Å². The minimum Gasteiger partial charge on any atom is -0.489 e. The fourth-order valence-corrected chi connectivity index (χ4v) is 5.00. The summed E-state index contributed by atoms with van der Waals surface area (Å²) in [7, 11) is -3.38. The number of fused-ring (bicyclic) bond motifs is 1. The number of rotatable bonds is 6. The molecule has 1 aromatic heterocycles. The van der Waals surface area contributed by atoms with Crippen LogP contribution < -0.4 is 15.7 Å². The summed E-state index contributed by atoms with van der Waals surface area (Å²) in [6, 6.07) is 4.21. The standard InChI is InChI=1S/C20H23NO7S/c1-11(2)8-27-13-4-5-14-12(3)15(20(24)28-18(14)6-13)7-19(23)21-16-9-29(25,26)10-17(16)22/h4-6,16-17,22H,1,7-10H2,2-3H3,(H,21,23)/t16-,17+/m0/s1. The molecule has 1 aromatic carbocycles. The predicted octanol–water partition coefficient (Wildman–Crippen LogP) is 0.873. The third kappa shape index (κ3) is 4.86. The Kier molecular flexibility index (Phi) is 5.81. The Morgan fingerprint density at radius 1 is 1.38 bits per heavy atom. The van der Waals surface area contributed by atoms with E-state index in [2.05, 4.69) is 11.9 Å². The number of aliphatic hydroxyl groups excluding tert-OH is 1. The molecule has 9 heteroatoms. The number of carbonyl (C=O) groups is 1. The number of ether oxygens (including phenoxy) is 1. The molecule has 2 heterocycles. The molecule has 1 amide bonds. The van der Waals surface area contributed by atoms with E-state index in [-0.39, 0.29) is 23.5 Å². The van der Waals surface area contributed by atoms with Gasteiger partial charge in [-0.3, -0.25) is 4.79 Å². The first-order valence-corrected chi connectivity index (χ1v) is 10.9. The van der Waals surface area contributed by atoms with Gasteiger partial charge in [0.05, 0.1) is 35.6 Å². The van der Waals surface area contributed by atoms with Gasteiger partial charge >= 0.3 is 5.63 Å². The molecule has 1 aliphatic rings. The molecule has 3 rings (SSSR count). The van der Waals surface area contributed by atoms with Crippen molar-refractivity contribution < 1.29 is 27.5 Å². The number of sulfone groups is 1. The van der Waals surface area contributed by atoms with E-state index in [1.165, 1.54) is 0 Å². The molecule has 1 aliphatic heterocycles. The number of carbonyl (C=O) groups excluding carboxylic acids is 1. The van der Waals surface area contributed by atoms with Crippen molar-refractivity contribution in [3.8, 4) is 5.75 Å².